The van der Waals surface area contributed by atoms with Gasteiger partial charge in [0, 0.05) is 30.7 Å². The van der Waals surface area contributed by atoms with Gasteiger partial charge in [-0.25, -0.2) is 15.0 Å². The van der Waals surface area contributed by atoms with Gasteiger partial charge in [-0.3, -0.25) is 0 Å². The molecule has 2 aromatic rings. The van der Waals surface area contributed by atoms with Crippen molar-refractivity contribution in [3.8, 4) is 0 Å². The third-order valence-corrected chi connectivity index (χ3v) is 3.60. The lowest BCUT2D eigenvalue weighted by atomic mass is 10.0. The summed E-state index contributed by atoms with van der Waals surface area (Å²) >= 11 is 0. The van der Waals surface area contributed by atoms with Gasteiger partial charge in [-0.15, -0.1) is 0 Å². The second kappa shape index (κ2) is 5.61. The average Bonchev–Trinajstić information content (AvgIpc) is 2.77. The monoisotopic (exact) mass is 273 g/mol. The van der Waals surface area contributed by atoms with Crippen molar-refractivity contribution in [3.05, 3.63) is 35.3 Å². The van der Waals surface area contributed by atoms with Crippen LogP contribution in [0.2, 0.25) is 0 Å². The van der Waals surface area contributed by atoms with Crippen LogP contribution < -0.4 is 5.32 Å². The maximum Gasteiger partial charge on any atom is 0.133 e. The number of nitrogens with one attached hydrogen (secondary N) is 1. The lowest BCUT2D eigenvalue weighted by Gasteiger charge is -2.24. The van der Waals surface area contributed by atoms with Crippen LogP contribution in [0.1, 0.15) is 42.8 Å². The molecule has 1 atom stereocenters. The summed E-state index contributed by atoms with van der Waals surface area (Å²) in [5.41, 5.74) is 2.11. The van der Waals surface area contributed by atoms with Crippen molar-refractivity contribution in [2.45, 2.75) is 40.7 Å². The largest absolute Gasteiger partial charge is 0.360 e. The Morgan fingerprint density at radius 3 is 2.40 bits per heavy atom. The molecule has 0 bridgehead atoms. The molecule has 108 valence electrons. The zero-order chi connectivity index (χ0) is 14.9. The van der Waals surface area contributed by atoms with Crippen LogP contribution in [0.25, 0.3) is 0 Å². The molecule has 0 unspecified atom stereocenters. The molecule has 20 heavy (non-hydrogen) atoms. The second-order valence-electron chi connectivity index (χ2n) is 5.59. The van der Waals surface area contributed by atoms with Gasteiger partial charge in [-0.2, -0.15) is 0 Å². The molecule has 0 aliphatic carbocycles. The third kappa shape index (κ3) is 2.81. The van der Waals surface area contributed by atoms with Crippen molar-refractivity contribution >= 4 is 5.82 Å². The first-order chi connectivity index (χ1) is 9.40. The third-order valence-electron chi connectivity index (χ3n) is 3.60. The van der Waals surface area contributed by atoms with E-state index in [1.54, 1.807) is 0 Å². The van der Waals surface area contributed by atoms with Gasteiger partial charge >= 0.3 is 0 Å². The number of rotatable bonds is 4. The van der Waals surface area contributed by atoms with Crippen molar-refractivity contribution in [1.82, 2.24) is 19.5 Å². The van der Waals surface area contributed by atoms with Gasteiger partial charge in [0.15, 0.2) is 0 Å². The standard InChI is InChI=1S/C15H23N5/c1-9(2)13(15-16-7-8-20(15)6)19-14-10(3)11(4)17-12(5)18-14/h7-9,13H,1-6H3,(H,17,18,19)/t13-/m0/s1. The van der Waals surface area contributed by atoms with Crippen molar-refractivity contribution in [1.29, 1.82) is 0 Å². The molecule has 0 saturated carbocycles. The Kier molecular flexibility index (Phi) is 4.06. The minimum absolute atomic E-state index is 0.127. The molecule has 2 rings (SSSR count). The molecule has 0 fully saturated rings. The molecule has 0 spiro atoms. The predicted octanol–water partition coefficient (Wildman–Crippen LogP) is 2.94. The molecule has 0 saturated heterocycles. The number of aryl methyl sites for hydroxylation is 3. The van der Waals surface area contributed by atoms with E-state index in [1.807, 2.05) is 44.8 Å². The average molecular weight is 273 g/mol. The zero-order valence-electron chi connectivity index (χ0n) is 13.1. The SMILES string of the molecule is Cc1nc(C)c(C)c(N[C@H](c2nccn2C)C(C)C)n1. The summed E-state index contributed by atoms with van der Waals surface area (Å²) < 4.78 is 2.05. The highest BCUT2D eigenvalue weighted by Gasteiger charge is 2.21. The maximum absolute atomic E-state index is 4.54. The highest BCUT2D eigenvalue weighted by atomic mass is 15.1. The Balaban J connectivity index is 2.37. The van der Waals surface area contributed by atoms with E-state index in [1.165, 1.54) is 0 Å². The summed E-state index contributed by atoms with van der Waals surface area (Å²) in [6, 6.07) is 0.127. The number of anilines is 1. The fourth-order valence-corrected chi connectivity index (χ4v) is 2.26. The van der Waals surface area contributed by atoms with Crippen LogP contribution in [-0.2, 0) is 7.05 Å². The van der Waals surface area contributed by atoms with E-state index in [4.69, 9.17) is 0 Å². The summed E-state index contributed by atoms with van der Waals surface area (Å²) in [5, 5.41) is 3.54. The molecule has 0 aliphatic heterocycles. The predicted molar refractivity (Wildman–Crippen MR) is 80.7 cm³/mol. The molecule has 1 N–H and O–H groups in total. The van der Waals surface area contributed by atoms with Gasteiger partial charge in [-0.1, -0.05) is 13.8 Å². The van der Waals surface area contributed by atoms with Gasteiger partial charge < -0.3 is 9.88 Å². The van der Waals surface area contributed by atoms with E-state index in [2.05, 4.69) is 34.1 Å². The lowest BCUT2D eigenvalue weighted by Crippen LogP contribution is -2.22. The number of hydrogen-bond donors (Lipinski definition) is 1. The Hall–Kier alpha value is -1.91. The van der Waals surface area contributed by atoms with E-state index < -0.39 is 0 Å². The molecule has 0 radical (unpaired) electrons. The van der Waals surface area contributed by atoms with Crippen LogP contribution in [0.4, 0.5) is 5.82 Å². The Morgan fingerprint density at radius 1 is 1.15 bits per heavy atom. The molecule has 5 heteroatoms. The van der Waals surface area contributed by atoms with E-state index in [0.29, 0.717) is 5.92 Å². The second-order valence-corrected chi connectivity index (χ2v) is 5.59. The Labute approximate surface area is 120 Å². The fraction of sp³-hybridized carbons (Fsp3) is 0.533. The number of aromatic nitrogens is 4. The first kappa shape index (κ1) is 14.5. The maximum atomic E-state index is 4.54. The first-order valence-corrected chi connectivity index (χ1v) is 6.95. The van der Waals surface area contributed by atoms with Crippen LogP contribution in [0.15, 0.2) is 12.4 Å². The van der Waals surface area contributed by atoms with Gasteiger partial charge in [0.05, 0.1) is 6.04 Å². The quantitative estimate of drug-likeness (QED) is 0.930. The van der Waals surface area contributed by atoms with Crippen LogP contribution >= 0.6 is 0 Å². The van der Waals surface area contributed by atoms with Crippen molar-refractivity contribution in [2.75, 3.05) is 5.32 Å². The highest BCUT2D eigenvalue weighted by molar-refractivity contribution is 5.46. The van der Waals surface area contributed by atoms with E-state index >= 15 is 0 Å². The first-order valence-electron chi connectivity index (χ1n) is 6.95. The van der Waals surface area contributed by atoms with Crippen molar-refractivity contribution in [2.24, 2.45) is 13.0 Å². The van der Waals surface area contributed by atoms with Crippen LogP contribution in [0.3, 0.4) is 0 Å². The van der Waals surface area contributed by atoms with Gasteiger partial charge in [-0.05, 0) is 26.7 Å². The van der Waals surface area contributed by atoms with Gasteiger partial charge in [0.1, 0.15) is 17.5 Å². The van der Waals surface area contributed by atoms with E-state index in [9.17, 15) is 0 Å². The zero-order valence-corrected chi connectivity index (χ0v) is 13.1. The molecule has 0 aliphatic rings. The molecule has 2 heterocycles. The summed E-state index contributed by atoms with van der Waals surface area (Å²) in [6.07, 6.45) is 3.80. The number of nitrogens with zero attached hydrogens (tertiary/aromatic N) is 4. The highest BCUT2D eigenvalue weighted by Crippen LogP contribution is 2.26. The van der Waals surface area contributed by atoms with Crippen molar-refractivity contribution < 1.29 is 0 Å². The normalized spacial score (nSPS) is 12.8. The molecular weight excluding hydrogens is 250 g/mol. The molecular formula is C15H23N5. The molecule has 2 aromatic heterocycles. The minimum atomic E-state index is 0.127. The van der Waals surface area contributed by atoms with Gasteiger partial charge in [0.25, 0.3) is 0 Å². The van der Waals surface area contributed by atoms with Crippen molar-refractivity contribution in [3.63, 3.8) is 0 Å². The summed E-state index contributed by atoms with van der Waals surface area (Å²) in [5.74, 6) is 3.12. The van der Waals surface area contributed by atoms with Crippen LogP contribution in [0, 0.1) is 26.7 Å². The summed E-state index contributed by atoms with van der Waals surface area (Å²) in [6.45, 7) is 10.3. The molecule has 0 aromatic carbocycles. The summed E-state index contributed by atoms with van der Waals surface area (Å²) in [4.78, 5) is 13.4. The number of hydrogen-bond acceptors (Lipinski definition) is 4. The topological polar surface area (TPSA) is 55.6 Å². The van der Waals surface area contributed by atoms with Crippen LogP contribution in [0.5, 0.6) is 0 Å². The lowest BCUT2D eigenvalue weighted by molar-refractivity contribution is 0.506. The minimum Gasteiger partial charge on any atom is -0.360 e. The molecule has 5 nitrogen and oxygen atoms in total. The van der Waals surface area contributed by atoms with E-state index in [-0.39, 0.29) is 6.04 Å². The Morgan fingerprint density at radius 2 is 1.85 bits per heavy atom. The smallest absolute Gasteiger partial charge is 0.133 e. The van der Waals surface area contributed by atoms with E-state index in [0.717, 1.165) is 28.7 Å². The fourth-order valence-electron chi connectivity index (χ4n) is 2.26. The molecule has 0 amide bonds. The van der Waals surface area contributed by atoms with Gasteiger partial charge in [0.2, 0.25) is 0 Å². The Bertz CT molecular complexity index is 600. The number of imidazole rings is 1. The van der Waals surface area contributed by atoms with Crippen LogP contribution in [-0.4, -0.2) is 19.5 Å². The summed E-state index contributed by atoms with van der Waals surface area (Å²) in [7, 11) is 2.02.